The Balaban J connectivity index is 1.90. The molecule has 3 aromatic rings. The van der Waals surface area contributed by atoms with Crippen LogP contribution >= 0.6 is 15.9 Å². The van der Waals surface area contributed by atoms with E-state index >= 15 is 0 Å². The van der Waals surface area contributed by atoms with Crippen molar-refractivity contribution in [2.75, 3.05) is 0 Å². The van der Waals surface area contributed by atoms with Gasteiger partial charge in [0.2, 0.25) is 0 Å². The van der Waals surface area contributed by atoms with Crippen molar-refractivity contribution in [1.29, 1.82) is 0 Å². The molecule has 0 aliphatic heterocycles. The summed E-state index contributed by atoms with van der Waals surface area (Å²) in [5.74, 6) is -0.107. The van der Waals surface area contributed by atoms with E-state index in [0.29, 0.717) is 5.56 Å². The standard InChI is InChI=1S/C19H13BrN2O2/c20-15-7-8-16-13(10-15)5-3-12-4-6-14(11-18(12)16)17-2-1-9-21-19(17)22(23)24/h1-2,4,6-11H,3,5H2. The fourth-order valence-corrected chi connectivity index (χ4v) is 3.69. The SMILES string of the molecule is O=[N+]([O-])c1ncccc1-c1ccc2c(c1)-c1ccc(Br)cc1CC2. The van der Waals surface area contributed by atoms with Gasteiger partial charge in [-0.2, -0.15) is 0 Å². The Hall–Kier alpha value is -2.53. The van der Waals surface area contributed by atoms with Crippen LogP contribution in [-0.2, 0) is 12.8 Å². The molecule has 24 heavy (non-hydrogen) atoms. The Labute approximate surface area is 147 Å². The molecule has 1 aromatic heterocycles. The molecule has 0 spiro atoms. The molecule has 118 valence electrons. The van der Waals surface area contributed by atoms with E-state index in [1.165, 1.54) is 22.9 Å². The first kappa shape index (κ1) is 15.0. The average Bonchev–Trinajstić information content (AvgIpc) is 2.60. The van der Waals surface area contributed by atoms with Crippen LogP contribution in [0.2, 0.25) is 0 Å². The third-order valence-corrected chi connectivity index (χ3v) is 4.89. The first-order valence-electron chi connectivity index (χ1n) is 7.65. The maximum Gasteiger partial charge on any atom is 0.371 e. The number of hydrogen-bond acceptors (Lipinski definition) is 3. The van der Waals surface area contributed by atoms with Gasteiger partial charge >= 0.3 is 5.82 Å². The number of halogens is 1. The number of nitro groups is 1. The molecule has 1 heterocycles. The maximum atomic E-state index is 11.3. The van der Waals surface area contributed by atoms with Gasteiger partial charge in [-0.05, 0) is 80.9 Å². The third-order valence-electron chi connectivity index (χ3n) is 4.40. The highest BCUT2D eigenvalue weighted by atomic mass is 79.9. The second-order valence-electron chi connectivity index (χ2n) is 5.81. The molecule has 4 rings (SSSR count). The number of aryl methyl sites for hydroxylation is 2. The second-order valence-corrected chi connectivity index (χ2v) is 6.72. The molecule has 2 aromatic carbocycles. The molecule has 0 N–H and O–H groups in total. The Morgan fingerprint density at radius 3 is 2.62 bits per heavy atom. The number of benzene rings is 2. The van der Waals surface area contributed by atoms with E-state index < -0.39 is 4.92 Å². The summed E-state index contributed by atoms with van der Waals surface area (Å²) in [5, 5.41) is 11.3. The van der Waals surface area contributed by atoms with E-state index in [4.69, 9.17) is 0 Å². The van der Waals surface area contributed by atoms with Gasteiger partial charge in [-0.3, -0.25) is 0 Å². The molecular weight excluding hydrogens is 368 g/mol. The molecule has 4 nitrogen and oxygen atoms in total. The van der Waals surface area contributed by atoms with Crippen LogP contribution in [0, 0.1) is 10.1 Å². The number of hydrogen-bond donors (Lipinski definition) is 0. The highest BCUT2D eigenvalue weighted by Gasteiger charge is 2.20. The molecule has 0 atom stereocenters. The van der Waals surface area contributed by atoms with Crippen molar-refractivity contribution < 1.29 is 4.92 Å². The molecule has 0 radical (unpaired) electrons. The summed E-state index contributed by atoms with van der Waals surface area (Å²) in [6.07, 6.45) is 3.44. The normalized spacial score (nSPS) is 12.4. The van der Waals surface area contributed by atoms with Crippen molar-refractivity contribution in [3.05, 3.63) is 80.4 Å². The fraction of sp³-hybridized carbons (Fsp3) is 0.105. The molecule has 0 bridgehead atoms. The van der Waals surface area contributed by atoms with Crippen molar-refractivity contribution in [3.8, 4) is 22.3 Å². The van der Waals surface area contributed by atoms with Gasteiger partial charge in [-0.1, -0.05) is 34.1 Å². The number of nitrogens with zero attached hydrogens (tertiary/aromatic N) is 2. The summed E-state index contributed by atoms with van der Waals surface area (Å²) in [5.41, 5.74) is 6.31. The lowest BCUT2D eigenvalue weighted by atomic mass is 9.84. The van der Waals surface area contributed by atoms with E-state index in [-0.39, 0.29) is 5.82 Å². The van der Waals surface area contributed by atoms with Crippen LogP contribution in [0.1, 0.15) is 11.1 Å². The highest BCUT2D eigenvalue weighted by molar-refractivity contribution is 9.10. The Bertz CT molecular complexity index is 969. The summed E-state index contributed by atoms with van der Waals surface area (Å²) in [6.45, 7) is 0. The smallest absolute Gasteiger partial charge is 0.358 e. The predicted molar refractivity (Wildman–Crippen MR) is 96.9 cm³/mol. The molecular formula is C19H13BrN2O2. The number of fused-ring (bicyclic) bond motifs is 3. The van der Waals surface area contributed by atoms with Crippen LogP contribution in [0.3, 0.4) is 0 Å². The zero-order chi connectivity index (χ0) is 16.7. The van der Waals surface area contributed by atoms with Gasteiger partial charge in [-0.15, -0.1) is 0 Å². The van der Waals surface area contributed by atoms with Crippen molar-refractivity contribution >= 4 is 21.7 Å². The molecule has 0 saturated heterocycles. The monoisotopic (exact) mass is 380 g/mol. The Morgan fingerprint density at radius 1 is 0.958 bits per heavy atom. The second kappa shape index (κ2) is 5.83. The van der Waals surface area contributed by atoms with Crippen LogP contribution in [0.5, 0.6) is 0 Å². The Morgan fingerprint density at radius 2 is 1.79 bits per heavy atom. The minimum absolute atomic E-state index is 0.107. The van der Waals surface area contributed by atoms with Crippen molar-refractivity contribution in [1.82, 2.24) is 4.98 Å². The van der Waals surface area contributed by atoms with E-state index in [9.17, 15) is 10.1 Å². The van der Waals surface area contributed by atoms with Crippen molar-refractivity contribution in [2.45, 2.75) is 12.8 Å². The molecule has 5 heteroatoms. The lowest BCUT2D eigenvalue weighted by Gasteiger charge is -2.21. The number of aromatic nitrogens is 1. The zero-order valence-corrected chi connectivity index (χ0v) is 14.3. The van der Waals surface area contributed by atoms with Crippen molar-refractivity contribution in [2.24, 2.45) is 0 Å². The predicted octanol–water partition coefficient (Wildman–Crippen LogP) is 5.18. The first-order chi connectivity index (χ1) is 11.6. The van der Waals surface area contributed by atoms with E-state index in [2.05, 4.69) is 39.1 Å². The quantitative estimate of drug-likeness (QED) is 0.454. The summed E-state index contributed by atoms with van der Waals surface area (Å²) in [4.78, 5) is 14.7. The lowest BCUT2D eigenvalue weighted by Crippen LogP contribution is -2.04. The summed E-state index contributed by atoms with van der Waals surface area (Å²) in [6, 6.07) is 15.8. The molecule has 1 aliphatic carbocycles. The molecule has 0 fully saturated rings. The van der Waals surface area contributed by atoms with Gasteiger partial charge in [0.05, 0.1) is 5.56 Å². The van der Waals surface area contributed by atoms with Crippen LogP contribution in [0.4, 0.5) is 5.82 Å². The summed E-state index contributed by atoms with van der Waals surface area (Å²) < 4.78 is 1.07. The minimum Gasteiger partial charge on any atom is -0.358 e. The highest BCUT2D eigenvalue weighted by Crippen LogP contribution is 2.38. The van der Waals surface area contributed by atoms with E-state index in [0.717, 1.165) is 28.4 Å². The molecule has 0 saturated carbocycles. The Kier molecular flexibility index (Phi) is 3.65. The minimum atomic E-state index is -0.431. The average molecular weight is 381 g/mol. The first-order valence-corrected chi connectivity index (χ1v) is 8.44. The van der Waals surface area contributed by atoms with Gasteiger partial charge in [0.25, 0.3) is 0 Å². The van der Waals surface area contributed by atoms with Crippen LogP contribution in [0.25, 0.3) is 22.3 Å². The molecule has 0 amide bonds. The van der Waals surface area contributed by atoms with Crippen LogP contribution in [0.15, 0.2) is 59.2 Å². The topological polar surface area (TPSA) is 56.0 Å². The van der Waals surface area contributed by atoms with Gasteiger partial charge in [0, 0.05) is 4.47 Å². The number of rotatable bonds is 2. The summed E-state index contributed by atoms with van der Waals surface area (Å²) in [7, 11) is 0. The van der Waals surface area contributed by atoms with Crippen molar-refractivity contribution in [3.63, 3.8) is 0 Å². The van der Waals surface area contributed by atoms with Gasteiger partial charge in [0.15, 0.2) is 0 Å². The maximum absolute atomic E-state index is 11.3. The van der Waals surface area contributed by atoms with Gasteiger partial charge in [-0.25, -0.2) is 0 Å². The van der Waals surface area contributed by atoms with Crippen LogP contribution < -0.4 is 0 Å². The number of pyridine rings is 1. The van der Waals surface area contributed by atoms with Gasteiger partial charge < -0.3 is 10.1 Å². The molecule has 0 unspecified atom stereocenters. The lowest BCUT2D eigenvalue weighted by molar-refractivity contribution is -0.388. The molecule has 1 aliphatic rings. The summed E-state index contributed by atoms with van der Waals surface area (Å²) >= 11 is 3.52. The van der Waals surface area contributed by atoms with Crippen LogP contribution in [-0.4, -0.2) is 9.91 Å². The van der Waals surface area contributed by atoms with Gasteiger partial charge in [0.1, 0.15) is 6.20 Å². The third kappa shape index (κ3) is 2.51. The van der Waals surface area contributed by atoms with E-state index in [1.807, 2.05) is 18.2 Å². The fourth-order valence-electron chi connectivity index (χ4n) is 3.28. The zero-order valence-electron chi connectivity index (χ0n) is 12.7. The largest absolute Gasteiger partial charge is 0.371 e. The van der Waals surface area contributed by atoms with E-state index in [1.54, 1.807) is 12.1 Å².